The van der Waals surface area contributed by atoms with Gasteiger partial charge in [-0.15, -0.1) is 0 Å². The highest BCUT2D eigenvalue weighted by Crippen LogP contribution is 2.44. The predicted octanol–water partition coefficient (Wildman–Crippen LogP) is 5.98. The quantitative estimate of drug-likeness (QED) is 0.601. The van der Waals surface area contributed by atoms with Crippen molar-refractivity contribution in [3.05, 3.63) is 64.7 Å². The van der Waals surface area contributed by atoms with E-state index in [1.165, 1.54) is 5.56 Å². The SMILES string of the molecule is CCC(c1ccccc1)C(Br)c1cc(Cl)ccc1OC. The monoisotopic (exact) mass is 352 g/mol. The summed E-state index contributed by atoms with van der Waals surface area (Å²) in [6, 6.07) is 16.3. The van der Waals surface area contributed by atoms with Crippen molar-refractivity contribution in [2.24, 2.45) is 0 Å². The maximum Gasteiger partial charge on any atom is 0.123 e. The first kappa shape index (κ1) is 15.4. The Morgan fingerprint density at radius 3 is 2.45 bits per heavy atom. The zero-order valence-corrected chi connectivity index (χ0v) is 14.0. The van der Waals surface area contributed by atoms with E-state index in [-0.39, 0.29) is 4.83 Å². The summed E-state index contributed by atoms with van der Waals surface area (Å²) in [4.78, 5) is 0.170. The molecule has 0 fully saturated rings. The van der Waals surface area contributed by atoms with Crippen LogP contribution in [0.5, 0.6) is 5.75 Å². The second-order valence-corrected chi connectivity index (χ2v) is 6.14. The molecule has 106 valence electrons. The van der Waals surface area contributed by atoms with Crippen LogP contribution >= 0.6 is 27.5 Å². The number of ether oxygens (including phenoxy) is 1. The summed E-state index contributed by atoms with van der Waals surface area (Å²) < 4.78 is 5.46. The van der Waals surface area contributed by atoms with E-state index in [2.05, 4.69) is 47.1 Å². The lowest BCUT2D eigenvalue weighted by Gasteiger charge is -2.24. The van der Waals surface area contributed by atoms with Crippen LogP contribution in [0.2, 0.25) is 5.02 Å². The lowest BCUT2D eigenvalue weighted by Crippen LogP contribution is -2.06. The van der Waals surface area contributed by atoms with Crippen molar-refractivity contribution in [3.63, 3.8) is 0 Å². The van der Waals surface area contributed by atoms with Crippen molar-refractivity contribution in [1.29, 1.82) is 0 Å². The summed E-state index contributed by atoms with van der Waals surface area (Å²) in [5.74, 6) is 1.24. The maximum atomic E-state index is 6.14. The largest absolute Gasteiger partial charge is 0.496 e. The Morgan fingerprint density at radius 2 is 1.85 bits per heavy atom. The molecule has 20 heavy (non-hydrogen) atoms. The van der Waals surface area contributed by atoms with Crippen LogP contribution in [0, 0.1) is 0 Å². The van der Waals surface area contributed by atoms with Gasteiger partial charge in [-0.05, 0) is 30.2 Å². The number of alkyl halides is 1. The van der Waals surface area contributed by atoms with Gasteiger partial charge in [0.2, 0.25) is 0 Å². The molecule has 0 aliphatic rings. The first-order valence-electron chi connectivity index (χ1n) is 6.69. The first-order chi connectivity index (χ1) is 9.67. The average molecular weight is 354 g/mol. The summed E-state index contributed by atoms with van der Waals surface area (Å²) in [6.07, 6.45) is 1.04. The van der Waals surface area contributed by atoms with Gasteiger partial charge in [0.15, 0.2) is 0 Å². The molecule has 0 amide bonds. The lowest BCUT2D eigenvalue weighted by molar-refractivity contribution is 0.407. The average Bonchev–Trinajstić information content (AvgIpc) is 2.49. The molecule has 0 N–H and O–H groups in total. The van der Waals surface area contributed by atoms with Gasteiger partial charge in [-0.1, -0.05) is 64.8 Å². The van der Waals surface area contributed by atoms with Crippen molar-refractivity contribution in [2.75, 3.05) is 7.11 Å². The number of halogens is 2. The van der Waals surface area contributed by atoms with Crippen LogP contribution in [0.25, 0.3) is 0 Å². The van der Waals surface area contributed by atoms with Crippen LogP contribution in [0.15, 0.2) is 48.5 Å². The van der Waals surface area contributed by atoms with Gasteiger partial charge in [-0.2, -0.15) is 0 Å². The van der Waals surface area contributed by atoms with Gasteiger partial charge in [-0.25, -0.2) is 0 Å². The van der Waals surface area contributed by atoms with Gasteiger partial charge < -0.3 is 4.74 Å². The van der Waals surface area contributed by atoms with Crippen LogP contribution in [0.3, 0.4) is 0 Å². The van der Waals surface area contributed by atoms with Crippen molar-refractivity contribution in [3.8, 4) is 5.75 Å². The minimum atomic E-state index is 0.170. The molecule has 2 aromatic carbocycles. The van der Waals surface area contributed by atoms with Gasteiger partial charge in [0.05, 0.1) is 11.9 Å². The third kappa shape index (κ3) is 3.36. The van der Waals surface area contributed by atoms with Crippen LogP contribution in [0.1, 0.15) is 35.2 Å². The standard InChI is InChI=1S/C17H18BrClO/c1-3-14(12-7-5-4-6-8-12)17(18)15-11-13(19)9-10-16(15)20-2/h4-11,14,17H,3H2,1-2H3. The molecule has 1 nitrogen and oxygen atoms in total. The van der Waals surface area contributed by atoms with E-state index in [0.717, 1.165) is 22.8 Å². The van der Waals surface area contributed by atoms with Gasteiger partial charge in [0, 0.05) is 16.5 Å². The summed E-state index contributed by atoms with van der Waals surface area (Å²) in [6.45, 7) is 2.20. The number of hydrogen-bond acceptors (Lipinski definition) is 1. The Kier molecular flexibility index (Phi) is 5.50. The van der Waals surface area contributed by atoms with Gasteiger partial charge in [0.1, 0.15) is 5.75 Å². The van der Waals surface area contributed by atoms with E-state index in [4.69, 9.17) is 16.3 Å². The number of benzene rings is 2. The Hall–Kier alpha value is -0.990. The summed E-state index contributed by atoms with van der Waals surface area (Å²) in [5.41, 5.74) is 2.41. The molecule has 3 heteroatoms. The molecule has 0 aliphatic carbocycles. The molecule has 0 aromatic heterocycles. The fraction of sp³-hybridized carbons (Fsp3) is 0.294. The third-order valence-corrected chi connectivity index (χ3v) is 4.88. The zero-order chi connectivity index (χ0) is 14.5. The van der Waals surface area contributed by atoms with Crippen LogP contribution in [-0.4, -0.2) is 7.11 Å². The highest BCUT2D eigenvalue weighted by Gasteiger charge is 2.23. The first-order valence-corrected chi connectivity index (χ1v) is 7.99. The van der Waals surface area contributed by atoms with Crippen molar-refractivity contribution in [2.45, 2.75) is 24.1 Å². The fourth-order valence-electron chi connectivity index (χ4n) is 2.45. The normalized spacial score (nSPS) is 13.8. The molecule has 0 bridgehead atoms. The number of rotatable bonds is 5. The Balaban J connectivity index is 2.38. The van der Waals surface area contributed by atoms with E-state index in [1.807, 2.05) is 24.3 Å². The molecule has 0 saturated carbocycles. The van der Waals surface area contributed by atoms with Crippen molar-refractivity contribution in [1.82, 2.24) is 0 Å². The lowest BCUT2D eigenvalue weighted by atomic mass is 9.89. The van der Waals surface area contributed by atoms with Crippen LogP contribution in [-0.2, 0) is 0 Å². The molecule has 2 atom stereocenters. The molecule has 0 heterocycles. The van der Waals surface area contributed by atoms with Gasteiger partial charge in [-0.3, -0.25) is 0 Å². The summed E-state index contributed by atoms with van der Waals surface area (Å²) in [7, 11) is 1.69. The highest BCUT2D eigenvalue weighted by molar-refractivity contribution is 9.09. The fourth-order valence-corrected chi connectivity index (χ4v) is 3.67. The maximum absolute atomic E-state index is 6.14. The molecule has 2 unspecified atom stereocenters. The minimum absolute atomic E-state index is 0.170. The number of methoxy groups -OCH3 is 1. The Bertz CT molecular complexity index is 556. The molecule has 2 aromatic rings. The second-order valence-electron chi connectivity index (χ2n) is 4.71. The van der Waals surface area contributed by atoms with Crippen LogP contribution in [0.4, 0.5) is 0 Å². The van der Waals surface area contributed by atoms with E-state index >= 15 is 0 Å². The minimum Gasteiger partial charge on any atom is -0.496 e. The molecular weight excluding hydrogens is 336 g/mol. The van der Waals surface area contributed by atoms with E-state index in [0.29, 0.717) is 5.92 Å². The van der Waals surface area contributed by atoms with Gasteiger partial charge >= 0.3 is 0 Å². The second kappa shape index (κ2) is 7.14. The molecule has 0 radical (unpaired) electrons. The predicted molar refractivity (Wildman–Crippen MR) is 89.1 cm³/mol. The Morgan fingerprint density at radius 1 is 1.15 bits per heavy atom. The van der Waals surface area contributed by atoms with Crippen molar-refractivity contribution < 1.29 is 4.74 Å². The van der Waals surface area contributed by atoms with Crippen LogP contribution < -0.4 is 4.74 Å². The molecular formula is C17H18BrClO. The summed E-state index contributed by atoms with van der Waals surface area (Å²) in [5, 5.41) is 0.730. The highest BCUT2D eigenvalue weighted by atomic mass is 79.9. The third-order valence-electron chi connectivity index (χ3n) is 3.51. The number of hydrogen-bond donors (Lipinski definition) is 0. The smallest absolute Gasteiger partial charge is 0.123 e. The van der Waals surface area contributed by atoms with E-state index in [1.54, 1.807) is 7.11 Å². The molecule has 0 spiro atoms. The summed E-state index contributed by atoms with van der Waals surface area (Å²) >= 11 is 9.97. The zero-order valence-electron chi connectivity index (χ0n) is 11.6. The van der Waals surface area contributed by atoms with E-state index < -0.39 is 0 Å². The van der Waals surface area contributed by atoms with Gasteiger partial charge in [0.25, 0.3) is 0 Å². The molecule has 0 saturated heterocycles. The van der Waals surface area contributed by atoms with Crippen molar-refractivity contribution >= 4 is 27.5 Å². The molecule has 2 rings (SSSR count). The van der Waals surface area contributed by atoms with E-state index in [9.17, 15) is 0 Å². The topological polar surface area (TPSA) is 9.23 Å². The Labute approximate surface area is 134 Å². The molecule has 0 aliphatic heterocycles.